The summed E-state index contributed by atoms with van der Waals surface area (Å²) in [6, 6.07) is 24.6. The van der Waals surface area contributed by atoms with Gasteiger partial charge in [0.2, 0.25) is 0 Å². The first-order valence-corrected chi connectivity index (χ1v) is 9.51. The summed E-state index contributed by atoms with van der Waals surface area (Å²) in [7, 11) is 0. The Kier molecular flexibility index (Phi) is 3.98. The van der Waals surface area contributed by atoms with E-state index in [1.54, 1.807) is 0 Å². The molecule has 1 atom stereocenters. The highest BCUT2D eigenvalue weighted by atomic mass is 127. The van der Waals surface area contributed by atoms with Crippen LogP contribution >= 0.6 is 22.6 Å². The van der Waals surface area contributed by atoms with Gasteiger partial charge in [-0.3, -0.25) is 0 Å². The lowest BCUT2D eigenvalue weighted by atomic mass is 9.92. The summed E-state index contributed by atoms with van der Waals surface area (Å²) in [6.45, 7) is 2.26. The fraction of sp³-hybridized carbons (Fsp3) is 0.182. The van der Waals surface area contributed by atoms with Crippen LogP contribution in [-0.4, -0.2) is 0 Å². The molecule has 4 aromatic rings. The quantitative estimate of drug-likeness (QED) is 0.187. The Morgan fingerprint density at radius 2 is 1.17 bits per heavy atom. The lowest BCUT2D eigenvalue weighted by Gasteiger charge is -2.14. The molecule has 23 heavy (non-hydrogen) atoms. The molecule has 0 saturated heterocycles. The zero-order valence-corrected chi connectivity index (χ0v) is 15.4. The van der Waals surface area contributed by atoms with Crippen LogP contribution in [0, 0.1) is 0 Å². The van der Waals surface area contributed by atoms with Crippen LogP contribution in [0.1, 0.15) is 29.3 Å². The molecule has 114 valence electrons. The van der Waals surface area contributed by atoms with Crippen LogP contribution in [0.2, 0.25) is 0 Å². The van der Waals surface area contributed by atoms with Crippen molar-refractivity contribution < 1.29 is 0 Å². The molecule has 0 amide bonds. The Balaban J connectivity index is 2.12. The maximum atomic E-state index is 2.58. The lowest BCUT2D eigenvalue weighted by Crippen LogP contribution is -1.90. The summed E-state index contributed by atoms with van der Waals surface area (Å²) in [5, 5.41) is 8.17. The Hall–Kier alpha value is -1.61. The number of hydrogen-bond donors (Lipinski definition) is 0. The van der Waals surface area contributed by atoms with Crippen molar-refractivity contribution in [2.24, 2.45) is 0 Å². The maximum absolute atomic E-state index is 2.58. The molecule has 0 aliphatic heterocycles. The standard InChI is InChI=1S/C22H19I/c1-2-7-22(23)15-12-13-20-18-10-4-3-8-16(18)17-9-5-6-11-19(17)21(20)14-15/h3-6,8-14,22H,2,7H2,1H3. The van der Waals surface area contributed by atoms with E-state index in [-0.39, 0.29) is 0 Å². The fourth-order valence-corrected chi connectivity index (χ4v) is 4.55. The molecule has 4 aromatic carbocycles. The van der Waals surface area contributed by atoms with E-state index in [0.29, 0.717) is 3.92 Å². The minimum atomic E-state index is 0.590. The molecule has 0 bridgehead atoms. The van der Waals surface area contributed by atoms with Crippen LogP contribution in [0.4, 0.5) is 0 Å². The molecule has 1 heteroatoms. The third-order valence-electron chi connectivity index (χ3n) is 4.67. The summed E-state index contributed by atoms with van der Waals surface area (Å²) in [5.74, 6) is 0. The molecule has 0 saturated carbocycles. The Morgan fingerprint density at radius 3 is 1.70 bits per heavy atom. The van der Waals surface area contributed by atoms with Crippen molar-refractivity contribution in [3.8, 4) is 0 Å². The average molecular weight is 410 g/mol. The highest BCUT2D eigenvalue weighted by Gasteiger charge is 2.11. The van der Waals surface area contributed by atoms with Crippen molar-refractivity contribution >= 4 is 54.9 Å². The molecule has 0 fully saturated rings. The molecule has 0 spiro atoms. The topological polar surface area (TPSA) is 0 Å². The van der Waals surface area contributed by atoms with Crippen LogP contribution in [0.15, 0.2) is 66.7 Å². The summed E-state index contributed by atoms with van der Waals surface area (Å²) in [4.78, 5) is 0. The first-order valence-electron chi connectivity index (χ1n) is 8.26. The third-order valence-corrected chi connectivity index (χ3v) is 6.01. The Bertz CT molecular complexity index is 965. The number of fused-ring (bicyclic) bond motifs is 6. The minimum Gasteiger partial charge on any atom is -0.0774 e. The Labute approximate surface area is 150 Å². The molecule has 0 heterocycles. The monoisotopic (exact) mass is 410 g/mol. The van der Waals surface area contributed by atoms with Crippen LogP contribution in [0.5, 0.6) is 0 Å². The molecule has 0 aliphatic rings. The molecule has 0 aliphatic carbocycles. The van der Waals surface area contributed by atoms with Crippen molar-refractivity contribution in [1.29, 1.82) is 0 Å². The predicted molar refractivity (Wildman–Crippen MR) is 111 cm³/mol. The van der Waals surface area contributed by atoms with Crippen molar-refractivity contribution in [2.75, 3.05) is 0 Å². The molecule has 4 rings (SSSR count). The zero-order valence-electron chi connectivity index (χ0n) is 13.2. The number of alkyl halides is 1. The van der Waals surface area contributed by atoms with Gasteiger partial charge >= 0.3 is 0 Å². The molecule has 0 N–H and O–H groups in total. The number of rotatable bonds is 3. The second-order valence-corrected chi connectivity index (χ2v) is 7.66. The highest BCUT2D eigenvalue weighted by Crippen LogP contribution is 2.37. The van der Waals surface area contributed by atoms with Crippen molar-refractivity contribution in [3.05, 3.63) is 72.3 Å². The van der Waals surface area contributed by atoms with E-state index in [1.165, 1.54) is 50.7 Å². The normalized spacial score (nSPS) is 13.0. The molecule has 0 nitrogen and oxygen atoms in total. The van der Waals surface area contributed by atoms with Gasteiger partial charge in [0.25, 0.3) is 0 Å². The van der Waals surface area contributed by atoms with E-state index in [1.807, 2.05) is 0 Å². The second kappa shape index (κ2) is 6.12. The Morgan fingerprint density at radius 1 is 0.696 bits per heavy atom. The van der Waals surface area contributed by atoms with E-state index in [9.17, 15) is 0 Å². The van der Waals surface area contributed by atoms with E-state index in [0.717, 1.165) is 0 Å². The van der Waals surface area contributed by atoms with Gasteiger partial charge in [-0.1, -0.05) is 96.6 Å². The summed E-state index contributed by atoms with van der Waals surface area (Å²) < 4.78 is 0.590. The minimum absolute atomic E-state index is 0.590. The number of hydrogen-bond acceptors (Lipinski definition) is 0. The first kappa shape index (κ1) is 14.9. The molecular weight excluding hydrogens is 391 g/mol. The van der Waals surface area contributed by atoms with Crippen LogP contribution < -0.4 is 0 Å². The van der Waals surface area contributed by atoms with Crippen LogP contribution in [0.3, 0.4) is 0 Å². The van der Waals surface area contributed by atoms with Crippen molar-refractivity contribution in [2.45, 2.75) is 23.7 Å². The van der Waals surface area contributed by atoms with E-state index in [2.05, 4.69) is 96.2 Å². The number of halogens is 1. The second-order valence-electron chi connectivity index (χ2n) is 6.15. The SMILES string of the molecule is CCCC(I)c1ccc2c3ccccc3c3ccccc3c2c1. The third kappa shape index (κ3) is 2.51. The fourth-order valence-electron chi connectivity index (χ4n) is 3.54. The van der Waals surface area contributed by atoms with E-state index < -0.39 is 0 Å². The molecular formula is C22H19I. The molecule has 1 unspecified atom stereocenters. The summed E-state index contributed by atoms with van der Waals surface area (Å²) >= 11 is 2.58. The van der Waals surface area contributed by atoms with Gasteiger partial charge in [0.1, 0.15) is 0 Å². The van der Waals surface area contributed by atoms with Crippen LogP contribution in [0.25, 0.3) is 32.3 Å². The van der Waals surface area contributed by atoms with Crippen LogP contribution in [-0.2, 0) is 0 Å². The van der Waals surface area contributed by atoms with Gasteiger partial charge in [0.05, 0.1) is 0 Å². The average Bonchev–Trinajstić information content (AvgIpc) is 2.62. The summed E-state index contributed by atoms with van der Waals surface area (Å²) in [5.41, 5.74) is 1.44. The van der Waals surface area contributed by atoms with Gasteiger partial charge in [0, 0.05) is 3.92 Å². The van der Waals surface area contributed by atoms with Crippen molar-refractivity contribution in [1.82, 2.24) is 0 Å². The predicted octanol–water partition coefficient (Wildman–Crippen LogP) is 7.42. The van der Waals surface area contributed by atoms with E-state index >= 15 is 0 Å². The van der Waals surface area contributed by atoms with Gasteiger partial charge in [-0.15, -0.1) is 0 Å². The zero-order chi connectivity index (χ0) is 15.8. The molecule has 0 radical (unpaired) electrons. The first-order chi connectivity index (χ1) is 11.3. The van der Waals surface area contributed by atoms with Crippen molar-refractivity contribution in [3.63, 3.8) is 0 Å². The van der Waals surface area contributed by atoms with Gasteiger partial charge < -0.3 is 0 Å². The molecule has 0 aromatic heterocycles. The van der Waals surface area contributed by atoms with Gasteiger partial charge in [0.15, 0.2) is 0 Å². The highest BCUT2D eigenvalue weighted by molar-refractivity contribution is 14.1. The lowest BCUT2D eigenvalue weighted by molar-refractivity contribution is 0.800. The van der Waals surface area contributed by atoms with E-state index in [4.69, 9.17) is 0 Å². The summed E-state index contributed by atoms with van der Waals surface area (Å²) in [6.07, 6.45) is 2.46. The maximum Gasteiger partial charge on any atom is 0.0359 e. The number of benzene rings is 4. The largest absolute Gasteiger partial charge is 0.0774 e. The smallest absolute Gasteiger partial charge is 0.0359 e. The van der Waals surface area contributed by atoms with Gasteiger partial charge in [-0.05, 0) is 50.4 Å². The van der Waals surface area contributed by atoms with Gasteiger partial charge in [-0.2, -0.15) is 0 Å². The van der Waals surface area contributed by atoms with Gasteiger partial charge in [-0.25, -0.2) is 0 Å².